The lowest BCUT2D eigenvalue weighted by molar-refractivity contribution is 0.592. The van der Waals surface area contributed by atoms with Crippen molar-refractivity contribution in [3.63, 3.8) is 0 Å². The normalized spacial score (nSPS) is 11.2. The second kappa shape index (κ2) is 4.71. The maximum Gasteiger partial charge on any atom is 0.0502 e. The van der Waals surface area contributed by atoms with Crippen LogP contribution in [0.1, 0.15) is 26.3 Å². The fourth-order valence-electron chi connectivity index (χ4n) is 1.48. The first-order valence-electron chi connectivity index (χ1n) is 5.08. The molecular weight excluding hydrogens is 206 g/mol. The van der Waals surface area contributed by atoms with E-state index in [1.807, 2.05) is 6.07 Å². The summed E-state index contributed by atoms with van der Waals surface area (Å²) >= 11 is 5.74. The zero-order valence-corrected chi connectivity index (χ0v) is 10.4. The first-order valence-corrected chi connectivity index (χ1v) is 5.45. The predicted octanol–water partition coefficient (Wildman–Crippen LogP) is 4.15. The van der Waals surface area contributed by atoms with Gasteiger partial charge >= 0.3 is 0 Å². The smallest absolute Gasteiger partial charge is 0.0502 e. The first-order chi connectivity index (χ1) is 6.91. The van der Waals surface area contributed by atoms with Crippen molar-refractivity contribution in [1.82, 2.24) is 0 Å². The number of para-hydroxylation sites is 1. The Morgan fingerprint density at radius 3 is 2.47 bits per heavy atom. The van der Waals surface area contributed by atoms with Crippen molar-refractivity contribution >= 4 is 17.3 Å². The molecule has 0 radical (unpaired) electrons. The van der Waals surface area contributed by atoms with Crippen LogP contribution in [-0.2, 0) is 5.41 Å². The average Bonchev–Trinajstić information content (AvgIpc) is 2.13. The van der Waals surface area contributed by atoms with E-state index in [1.165, 1.54) is 5.56 Å². The molecule has 2 heteroatoms. The Kier molecular flexibility index (Phi) is 3.81. The summed E-state index contributed by atoms with van der Waals surface area (Å²) in [4.78, 5) is 0. The molecule has 0 atom stereocenters. The summed E-state index contributed by atoms with van der Waals surface area (Å²) in [5, 5.41) is 3.91. The molecule has 0 amide bonds. The highest BCUT2D eigenvalue weighted by molar-refractivity contribution is 6.29. The lowest BCUT2D eigenvalue weighted by Gasteiger charge is -2.23. The Bertz CT molecular complexity index is 350. The van der Waals surface area contributed by atoms with Crippen LogP contribution in [0.25, 0.3) is 0 Å². The summed E-state index contributed by atoms with van der Waals surface area (Å²) in [6.07, 6.45) is 0. The molecule has 82 valence electrons. The van der Waals surface area contributed by atoms with E-state index in [0.29, 0.717) is 11.6 Å². The minimum absolute atomic E-state index is 0.136. The van der Waals surface area contributed by atoms with Gasteiger partial charge in [0.25, 0.3) is 0 Å². The van der Waals surface area contributed by atoms with Crippen LogP contribution in [0.3, 0.4) is 0 Å². The molecule has 0 bridgehead atoms. The minimum Gasteiger partial charge on any atom is -0.380 e. The molecule has 0 aliphatic heterocycles. The van der Waals surface area contributed by atoms with Gasteiger partial charge in [-0.25, -0.2) is 0 Å². The van der Waals surface area contributed by atoms with Crippen LogP contribution in [0.4, 0.5) is 5.69 Å². The molecule has 0 unspecified atom stereocenters. The van der Waals surface area contributed by atoms with Crippen molar-refractivity contribution in [2.24, 2.45) is 0 Å². The van der Waals surface area contributed by atoms with Gasteiger partial charge in [-0.2, -0.15) is 0 Å². The van der Waals surface area contributed by atoms with Crippen LogP contribution in [0.2, 0.25) is 0 Å². The minimum atomic E-state index is 0.136. The van der Waals surface area contributed by atoms with Crippen LogP contribution in [0.5, 0.6) is 0 Å². The molecule has 0 saturated heterocycles. The van der Waals surface area contributed by atoms with Crippen LogP contribution >= 0.6 is 11.6 Å². The summed E-state index contributed by atoms with van der Waals surface area (Å²) in [5.74, 6) is 0. The molecule has 1 aromatic rings. The Balaban J connectivity index is 2.92. The molecule has 1 N–H and O–H groups in total. The van der Waals surface area contributed by atoms with Crippen molar-refractivity contribution in [2.45, 2.75) is 26.2 Å². The quantitative estimate of drug-likeness (QED) is 0.812. The molecule has 0 aromatic heterocycles. The Morgan fingerprint density at radius 2 is 1.93 bits per heavy atom. The Morgan fingerprint density at radius 1 is 1.33 bits per heavy atom. The maximum absolute atomic E-state index is 5.74. The largest absolute Gasteiger partial charge is 0.380 e. The molecule has 0 heterocycles. The van der Waals surface area contributed by atoms with Gasteiger partial charge in [0.1, 0.15) is 0 Å². The van der Waals surface area contributed by atoms with E-state index in [0.717, 1.165) is 5.69 Å². The van der Waals surface area contributed by atoms with Gasteiger partial charge < -0.3 is 5.32 Å². The predicted molar refractivity (Wildman–Crippen MR) is 68.6 cm³/mol. The molecule has 0 saturated carbocycles. The van der Waals surface area contributed by atoms with Gasteiger partial charge in [-0.3, -0.25) is 0 Å². The van der Waals surface area contributed by atoms with Crippen molar-refractivity contribution in [1.29, 1.82) is 0 Å². The molecule has 15 heavy (non-hydrogen) atoms. The molecular formula is C13H18ClN. The molecule has 0 fully saturated rings. The topological polar surface area (TPSA) is 12.0 Å². The number of nitrogens with one attached hydrogen (secondary N) is 1. The van der Waals surface area contributed by atoms with E-state index < -0.39 is 0 Å². The molecule has 0 aliphatic rings. The highest BCUT2D eigenvalue weighted by Gasteiger charge is 2.16. The van der Waals surface area contributed by atoms with E-state index in [2.05, 4.69) is 50.9 Å². The lowest BCUT2D eigenvalue weighted by atomic mass is 9.86. The first kappa shape index (κ1) is 12.1. The third-order valence-electron chi connectivity index (χ3n) is 2.21. The maximum atomic E-state index is 5.74. The fourth-order valence-corrected chi connectivity index (χ4v) is 1.55. The van der Waals surface area contributed by atoms with E-state index in [9.17, 15) is 0 Å². The lowest BCUT2D eigenvalue weighted by Crippen LogP contribution is -2.15. The van der Waals surface area contributed by atoms with Gasteiger partial charge in [0.15, 0.2) is 0 Å². The van der Waals surface area contributed by atoms with Gasteiger partial charge in [-0.15, -0.1) is 0 Å². The third kappa shape index (κ3) is 3.60. The van der Waals surface area contributed by atoms with E-state index in [-0.39, 0.29) is 5.41 Å². The van der Waals surface area contributed by atoms with Crippen molar-refractivity contribution in [3.8, 4) is 0 Å². The summed E-state index contributed by atoms with van der Waals surface area (Å²) in [6.45, 7) is 10.9. The fraction of sp³-hybridized carbons (Fsp3) is 0.385. The van der Waals surface area contributed by atoms with Gasteiger partial charge in [0.05, 0.1) is 6.54 Å². The highest BCUT2D eigenvalue weighted by Crippen LogP contribution is 2.29. The summed E-state index contributed by atoms with van der Waals surface area (Å²) in [5.41, 5.74) is 2.56. The van der Waals surface area contributed by atoms with Crippen LogP contribution in [0, 0.1) is 0 Å². The van der Waals surface area contributed by atoms with Crippen molar-refractivity contribution < 1.29 is 0 Å². The summed E-state index contributed by atoms with van der Waals surface area (Å²) < 4.78 is 0. The molecule has 0 spiro atoms. The number of hydrogen-bond acceptors (Lipinski definition) is 1. The highest BCUT2D eigenvalue weighted by atomic mass is 35.5. The summed E-state index contributed by atoms with van der Waals surface area (Å²) in [6, 6.07) is 8.29. The van der Waals surface area contributed by atoms with Gasteiger partial charge in [-0.05, 0) is 17.0 Å². The number of benzene rings is 1. The van der Waals surface area contributed by atoms with E-state index in [1.54, 1.807) is 0 Å². The average molecular weight is 224 g/mol. The molecule has 0 aliphatic carbocycles. The van der Waals surface area contributed by atoms with Crippen molar-refractivity contribution in [3.05, 3.63) is 41.4 Å². The zero-order valence-electron chi connectivity index (χ0n) is 9.60. The number of hydrogen-bond donors (Lipinski definition) is 1. The van der Waals surface area contributed by atoms with Crippen molar-refractivity contribution in [2.75, 3.05) is 11.9 Å². The number of halogens is 1. The molecule has 1 aromatic carbocycles. The number of anilines is 1. The van der Waals surface area contributed by atoms with Crippen LogP contribution in [-0.4, -0.2) is 6.54 Å². The van der Waals surface area contributed by atoms with Gasteiger partial charge in [-0.1, -0.05) is 57.2 Å². The van der Waals surface area contributed by atoms with Crippen LogP contribution in [0.15, 0.2) is 35.9 Å². The Labute approximate surface area is 97.1 Å². The zero-order chi connectivity index (χ0) is 11.5. The monoisotopic (exact) mass is 223 g/mol. The van der Waals surface area contributed by atoms with E-state index >= 15 is 0 Å². The Hall–Kier alpha value is -0.950. The SMILES string of the molecule is C=C(Cl)CNc1ccccc1C(C)(C)C. The standard InChI is InChI=1S/C13H18ClN/c1-10(14)9-15-12-8-6-5-7-11(12)13(2,3)4/h5-8,15H,1,9H2,2-4H3. The molecule has 1 nitrogen and oxygen atoms in total. The van der Waals surface area contributed by atoms with Gasteiger partial charge in [0, 0.05) is 10.7 Å². The number of rotatable bonds is 3. The second-order valence-electron chi connectivity index (χ2n) is 4.67. The van der Waals surface area contributed by atoms with E-state index in [4.69, 9.17) is 11.6 Å². The summed E-state index contributed by atoms with van der Waals surface area (Å²) in [7, 11) is 0. The van der Waals surface area contributed by atoms with Crippen LogP contribution < -0.4 is 5.32 Å². The molecule has 1 rings (SSSR count). The second-order valence-corrected chi connectivity index (χ2v) is 5.20. The third-order valence-corrected chi connectivity index (χ3v) is 2.34. The van der Waals surface area contributed by atoms with Gasteiger partial charge in [0.2, 0.25) is 0 Å².